The van der Waals surface area contributed by atoms with Gasteiger partial charge in [-0.2, -0.15) is 0 Å². The average Bonchev–Trinajstić information content (AvgIpc) is 2.58. The largest absolute Gasteiger partial charge is 0.502 e. The minimum Gasteiger partial charge on any atom is -0.455 e. The van der Waals surface area contributed by atoms with Gasteiger partial charge in [0.15, 0.2) is 16.6 Å². The molecule has 0 spiro atoms. The van der Waals surface area contributed by atoms with Gasteiger partial charge in [0.05, 0.1) is 0 Å². The van der Waals surface area contributed by atoms with E-state index in [1.807, 2.05) is 0 Å². The summed E-state index contributed by atoms with van der Waals surface area (Å²) < 4.78 is 24.0. The van der Waals surface area contributed by atoms with Crippen molar-refractivity contribution in [3.05, 3.63) is 0 Å². The Morgan fingerprint density at radius 3 is 1.54 bits per heavy atom. The first-order chi connectivity index (χ1) is 12.1. The van der Waals surface area contributed by atoms with Crippen molar-refractivity contribution in [3.63, 3.8) is 0 Å². The Morgan fingerprint density at radius 1 is 0.692 bits per heavy atom. The second-order valence-corrected chi connectivity index (χ2v) is 21.4. The van der Waals surface area contributed by atoms with Crippen LogP contribution in [0.15, 0.2) is 0 Å². The molecule has 0 aromatic rings. The van der Waals surface area contributed by atoms with Crippen LogP contribution < -0.4 is 0 Å². The highest BCUT2D eigenvalue weighted by Gasteiger charge is 2.54. The lowest BCUT2D eigenvalue weighted by Crippen LogP contribution is -2.59. The Balaban J connectivity index is 4.44. The molecule has 0 saturated heterocycles. The second kappa shape index (κ2) is 12.9. The summed E-state index contributed by atoms with van der Waals surface area (Å²) in [7, 11) is -1.23. The lowest BCUT2D eigenvalue weighted by molar-refractivity contribution is 0.119. The topological polar surface area (TPSA) is 36.9 Å². The van der Waals surface area contributed by atoms with E-state index >= 15 is 0 Å². The fourth-order valence-electron chi connectivity index (χ4n) is 3.74. The molecule has 0 fully saturated rings. The maximum absolute atomic E-state index is 6.83. The molecule has 1 unspecified atom stereocenters. The highest BCUT2D eigenvalue weighted by Crippen LogP contribution is 2.36. The summed E-state index contributed by atoms with van der Waals surface area (Å²) in [6.07, 6.45) is 10.9. The van der Waals surface area contributed by atoms with Crippen LogP contribution in [0.2, 0.25) is 37.4 Å². The van der Waals surface area contributed by atoms with Crippen molar-refractivity contribution in [2.45, 2.75) is 103 Å². The van der Waals surface area contributed by atoms with Crippen LogP contribution in [0.4, 0.5) is 0 Å². The van der Waals surface area contributed by atoms with Crippen LogP contribution in [-0.2, 0) is 17.4 Å². The molecule has 0 N–H and O–H groups in total. The fourth-order valence-corrected chi connectivity index (χ4v) is 18.2. The summed E-state index contributed by atoms with van der Waals surface area (Å²) in [6.45, 7) is 13.8. The number of rotatable bonds is 16. The Bertz CT molecular complexity index is 352. The molecule has 0 aliphatic carbocycles. The zero-order valence-corrected chi connectivity index (χ0v) is 22.1. The predicted molar refractivity (Wildman–Crippen MR) is 120 cm³/mol. The van der Waals surface area contributed by atoms with E-state index in [2.05, 4.69) is 40.0 Å². The molecule has 0 amide bonds. The molecule has 0 aliphatic rings. The third kappa shape index (κ3) is 9.12. The van der Waals surface area contributed by atoms with Gasteiger partial charge in [0.2, 0.25) is 0 Å². The van der Waals surface area contributed by atoms with E-state index in [9.17, 15) is 0 Å². The number of hydrogen-bond donors (Lipinski definition) is 0. The SMILES string of the molecule is CCCCCCCCCC[Si](C)(C)O[Si](C)(C)C(C)[Si](OC)(OC)OC. The molecule has 0 aromatic heterocycles. The summed E-state index contributed by atoms with van der Waals surface area (Å²) in [5.41, 5.74) is 0. The molecule has 0 aliphatic heterocycles. The molecule has 7 heteroatoms. The van der Waals surface area contributed by atoms with Gasteiger partial charge in [0.25, 0.3) is 0 Å². The lowest BCUT2D eigenvalue weighted by atomic mass is 10.1. The minimum absolute atomic E-state index is 0.209. The van der Waals surface area contributed by atoms with Crippen LogP contribution in [-0.4, -0.2) is 46.8 Å². The molecule has 0 saturated carbocycles. The van der Waals surface area contributed by atoms with Crippen LogP contribution in [0.5, 0.6) is 0 Å². The second-order valence-electron chi connectivity index (χ2n) is 8.63. The van der Waals surface area contributed by atoms with E-state index < -0.39 is 25.4 Å². The molecule has 0 aromatic carbocycles. The Morgan fingerprint density at radius 2 is 1.12 bits per heavy atom. The Hall–Kier alpha value is 0.491. The first kappa shape index (κ1) is 26.5. The zero-order chi connectivity index (χ0) is 20.3. The molecule has 0 bridgehead atoms. The predicted octanol–water partition coefficient (Wildman–Crippen LogP) is 6.36. The van der Waals surface area contributed by atoms with Crippen molar-refractivity contribution in [2.24, 2.45) is 0 Å². The van der Waals surface area contributed by atoms with Crippen molar-refractivity contribution < 1.29 is 17.4 Å². The molecule has 158 valence electrons. The number of unbranched alkanes of at least 4 members (excludes halogenated alkanes) is 7. The van der Waals surface area contributed by atoms with Crippen molar-refractivity contribution in [1.29, 1.82) is 0 Å². The van der Waals surface area contributed by atoms with E-state index in [1.54, 1.807) is 21.3 Å². The summed E-state index contributed by atoms with van der Waals surface area (Å²) in [5, 5.41) is 0.209. The quantitative estimate of drug-likeness (QED) is 0.214. The van der Waals surface area contributed by atoms with Crippen molar-refractivity contribution in [3.8, 4) is 0 Å². The maximum Gasteiger partial charge on any atom is 0.502 e. The third-order valence-corrected chi connectivity index (χ3v) is 19.5. The molecule has 1 atom stereocenters. The van der Waals surface area contributed by atoms with Crippen molar-refractivity contribution in [1.82, 2.24) is 0 Å². The smallest absolute Gasteiger partial charge is 0.455 e. The number of hydrogen-bond acceptors (Lipinski definition) is 4. The standard InChI is InChI=1S/C19H46O4Si3/c1-10-11-12-13-14-15-16-17-18-24(6,7)23-25(8,9)19(2)26(20-3,21-4)22-5/h19H,10-18H2,1-9H3. The van der Waals surface area contributed by atoms with Crippen LogP contribution >= 0.6 is 0 Å². The van der Waals surface area contributed by atoms with Crippen molar-refractivity contribution >= 4 is 25.4 Å². The van der Waals surface area contributed by atoms with Crippen LogP contribution in [0.25, 0.3) is 0 Å². The summed E-state index contributed by atoms with van der Waals surface area (Å²) >= 11 is 0. The molecule has 0 rings (SSSR count). The molecule has 26 heavy (non-hydrogen) atoms. The molecule has 0 radical (unpaired) electrons. The maximum atomic E-state index is 6.83. The minimum atomic E-state index is -2.66. The third-order valence-electron chi connectivity index (χ3n) is 5.60. The van der Waals surface area contributed by atoms with Crippen LogP contribution in [0, 0.1) is 0 Å². The van der Waals surface area contributed by atoms with Gasteiger partial charge in [0.1, 0.15) is 0 Å². The molecule has 4 nitrogen and oxygen atoms in total. The van der Waals surface area contributed by atoms with E-state index in [1.165, 1.54) is 57.4 Å². The molecule has 0 heterocycles. The van der Waals surface area contributed by atoms with E-state index in [-0.39, 0.29) is 5.16 Å². The zero-order valence-electron chi connectivity index (χ0n) is 19.1. The normalized spacial score (nSPS) is 14.7. The first-order valence-corrected chi connectivity index (χ1v) is 18.4. The van der Waals surface area contributed by atoms with Gasteiger partial charge in [-0.1, -0.05) is 65.2 Å². The van der Waals surface area contributed by atoms with Gasteiger partial charge < -0.3 is 17.4 Å². The first-order valence-electron chi connectivity index (χ1n) is 10.5. The highest BCUT2D eigenvalue weighted by molar-refractivity contribution is 6.93. The van der Waals surface area contributed by atoms with Gasteiger partial charge in [-0.15, -0.1) is 0 Å². The highest BCUT2D eigenvalue weighted by atomic mass is 28.5. The monoisotopic (exact) mass is 422 g/mol. The van der Waals surface area contributed by atoms with E-state index in [4.69, 9.17) is 17.4 Å². The van der Waals surface area contributed by atoms with Crippen molar-refractivity contribution in [2.75, 3.05) is 21.3 Å². The lowest BCUT2D eigenvalue weighted by Gasteiger charge is -2.42. The van der Waals surface area contributed by atoms with Gasteiger partial charge in [-0.05, 0) is 32.2 Å². The van der Waals surface area contributed by atoms with E-state index in [0.29, 0.717) is 0 Å². The van der Waals surface area contributed by atoms with Gasteiger partial charge in [-0.3, -0.25) is 0 Å². The Kier molecular flexibility index (Phi) is 13.1. The summed E-state index contributed by atoms with van der Waals surface area (Å²) in [4.78, 5) is 0. The fraction of sp³-hybridized carbons (Fsp3) is 1.00. The molecular weight excluding hydrogens is 376 g/mol. The van der Waals surface area contributed by atoms with E-state index in [0.717, 1.165) is 0 Å². The summed E-state index contributed by atoms with van der Waals surface area (Å²) in [5.74, 6) is 0. The van der Waals surface area contributed by atoms with Gasteiger partial charge >= 0.3 is 8.80 Å². The van der Waals surface area contributed by atoms with Crippen LogP contribution in [0.3, 0.4) is 0 Å². The molecular formula is C19H46O4Si3. The average molecular weight is 423 g/mol. The summed E-state index contributed by atoms with van der Waals surface area (Å²) in [6, 6.07) is 1.24. The van der Waals surface area contributed by atoms with Crippen LogP contribution in [0.1, 0.15) is 65.2 Å². The Labute approximate surface area is 167 Å². The van der Waals surface area contributed by atoms with Gasteiger partial charge in [0, 0.05) is 26.5 Å². The van der Waals surface area contributed by atoms with Gasteiger partial charge in [-0.25, -0.2) is 0 Å².